The first-order valence-electron chi connectivity index (χ1n) is 5.21. The molecule has 0 fully saturated rings. The first-order chi connectivity index (χ1) is 7.52. The zero-order valence-corrected chi connectivity index (χ0v) is 9.64. The van der Waals surface area contributed by atoms with E-state index in [1.807, 2.05) is 18.0 Å². The molecule has 0 spiro atoms. The Kier molecular flexibility index (Phi) is 4.25. The molecule has 16 heavy (non-hydrogen) atoms. The predicted octanol–water partition coefficient (Wildman–Crippen LogP) is 0.573. The van der Waals surface area contributed by atoms with E-state index in [2.05, 4.69) is 4.98 Å². The quantitative estimate of drug-likeness (QED) is 0.502. The van der Waals surface area contributed by atoms with Crippen LogP contribution in [-0.4, -0.2) is 35.6 Å². The van der Waals surface area contributed by atoms with Gasteiger partial charge >= 0.3 is 0 Å². The smallest absolute Gasteiger partial charge is 0.143 e. The summed E-state index contributed by atoms with van der Waals surface area (Å²) >= 11 is 0. The molecule has 1 rings (SSSR count). The first kappa shape index (κ1) is 12.4. The molecule has 1 heterocycles. The van der Waals surface area contributed by atoms with E-state index in [-0.39, 0.29) is 11.9 Å². The van der Waals surface area contributed by atoms with Crippen molar-refractivity contribution in [3.8, 4) is 0 Å². The second-order valence-corrected chi connectivity index (χ2v) is 3.84. The minimum atomic E-state index is -0.333. The summed E-state index contributed by atoms with van der Waals surface area (Å²) in [6, 6.07) is 3.67. The van der Waals surface area contributed by atoms with E-state index in [0.717, 1.165) is 5.69 Å². The summed E-state index contributed by atoms with van der Waals surface area (Å²) in [5.74, 6) is -0.0421. The predicted molar refractivity (Wildman–Crippen MR) is 64.8 cm³/mol. The Morgan fingerprint density at radius 2 is 2.38 bits per heavy atom. The number of anilines is 1. The lowest BCUT2D eigenvalue weighted by Gasteiger charge is -2.21. The highest BCUT2D eigenvalue weighted by atomic mass is 16.3. The topological polar surface area (TPSA) is 86.2 Å². The fourth-order valence-corrected chi connectivity index (χ4v) is 1.41. The van der Waals surface area contributed by atoms with Gasteiger partial charge in [-0.2, -0.15) is 0 Å². The van der Waals surface area contributed by atoms with E-state index in [1.165, 1.54) is 0 Å². The lowest BCUT2D eigenvalue weighted by atomic mass is 10.2. The maximum absolute atomic E-state index is 9.22. The third-order valence-corrected chi connectivity index (χ3v) is 2.34. The van der Waals surface area contributed by atoms with Crippen LogP contribution in [0.4, 0.5) is 5.69 Å². The van der Waals surface area contributed by atoms with Crippen LogP contribution in [0.25, 0.3) is 0 Å². The number of nitrogens with one attached hydrogen (secondary N) is 1. The third kappa shape index (κ3) is 3.20. The fraction of sp³-hybridized carbons (Fsp3) is 0.455. The molecule has 0 aliphatic carbocycles. The molecular weight excluding hydrogens is 204 g/mol. The standard InChI is InChI=1S/C11H18N4O/c1-8(16)5-7-15(2)9-4-3-6-14-10(9)11(12)13/h3-4,6,8,16H,5,7H2,1-2H3,(H3,12,13). The molecule has 0 amide bonds. The van der Waals surface area contributed by atoms with Crippen molar-refractivity contribution in [1.29, 1.82) is 5.41 Å². The highest BCUT2D eigenvalue weighted by Gasteiger charge is 2.10. The van der Waals surface area contributed by atoms with Gasteiger partial charge in [0.1, 0.15) is 11.5 Å². The van der Waals surface area contributed by atoms with Gasteiger partial charge in [-0.05, 0) is 25.5 Å². The Morgan fingerprint density at radius 3 is 2.94 bits per heavy atom. The number of rotatable bonds is 5. The SMILES string of the molecule is CC(O)CCN(C)c1cccnc1C(=N)N. The zero-order valence-electron chi connectivity index (χ0n) is 9.64. The van der Waals surface area contributed by atoms with Crippen molar-refractivity contribution in [3.05, 3.63) is 24.0 Å². The number of nitrogen functional groups attached to an aromatic ring is 1. The third-order valence-electron chi connectivity index (χ3n) is 2.34. The number of nitrogens with zero attached hydrogens (tertiary/aromatic N) is 2. The van der Waals surface area contributed by atoms with Gasteiger partial charge in [0.25, 0.3) is 0 Å². The Labute approximate surface area is 95.4 Å². The summed E-state index contributed by atoms with van der Waals surface area (Å²) in [5, 5.41) is 16.6. The fourth-order valence-electron chi connectivity index (χ4n) is 1.41. The minimum Gasteiger partial charge on any atom is -0.393 e. The maximum atomic E-state index is 9.22. The van der Waals surface area contributed by atoms with Crippen LogP contribution in [0, 0.1) is 5.41 Å². The number of aliphatic hydroxyl groups excluding tert-OH is 1. The number of amidine groups is 1. The van der Waals surface area contributed by atoms with Crippen LogP contribution in [0.15, 0.2) is 18.3 Å². The summed E-state index contributed by atoms with van der Waals surface area (Å²) in [4.78, 5) is 6.01. The van der Waals surface area contributed by atoms with Crippen molar-refractivity contribution in [1.82, 2.24) is 4.98 Å². The molecule has 5 heteroatoms. The Balaban J connectivity index is 2.82. The van der Waals surface area contributed by atoms with Gasteiger partial charge in [-0.1, -0.05) is 0 Å². The molecule has 0 saturated heterocycles. The summed E-state index contributed by atoms with van der Waals surface area (Å²) in [6.45, 7) is 2.45. The Bertz CT molecular complexity index is 365. The normalized spacial score (nSPS) is 12.2. The Hall–Kier alpha value is -1.62. The van der Waals surface area contributed by atoms with Gasteiger partial charge in [-0.3, -0.25) is 10.4 Å². The lowest BCUT2D eigenvalue weighted by molar-refractivity contribution is 0.187. The number of hydrogen-bond acceptors (Lipinski definition) is 4. The summed E-state index contributed by atoms with van der Waals surface area (Å²) < 4.78 is 0. The van der Waals surface area contributed by atoms with Crippen LogP contribution in [-0.2, 0) is 0 Å². The average molecular weight is 222 g/mol. The molecule has 4 N–H and O–H groups in total. The van der Waals surface area contributed by atoms with Crippen LogP contribution < -0.4 is 10.6 Å². The molecular formula is C11H18N4O. The van der Waals surface area contributed by atoms with Crippen LogP contribution in [0.3, 0.4) is 0 Å². The molecule has 0 saturated carbocycles. The number of aromatic nitrogens is 1. The second-order valence-electron chi connectivity index (χ2n) is 3.84. The van der Waals surface area contributed by atoms with Gasteiger partial charge in [0.2, 0.25) is 0 Å². The highest BCUT2D eigenvalue weighted by molar-refractivity contribution is 5.98. The van der Waals surface area contributed by atoms with E-state index in [9.17, 15) is 5.11 Å². The lowest BCUT2D eigenvalue weighted by Crippen LogP contribution is -2.26. The molecule has 0 bridgehead atoms. The van der Waals surface area contributed by atoms with Gasteiger partial charge in [0.15, 0.2) is 0 Å². The van der Waals surface area contributed by atoms with E-state index in [4.69, 9.17) is 11.1 Å². The van der Waals surface area contributed by atoms with Gasteiger partial charge in [-0.25, -0.2) is 0 Å². The van der Waals surface area contributed by atoms with E-state index < -0.39 is 0 Å². The van der Waals surface area contributed by atoms with Gasteiger partial charge in [-0.15, -0.1) is 0 Å². The van der Waals surface area contributed by atoms with E-state index in [0.29, 0.717) is 18.7 Å². The van der Waals surface area contributed by atoms with Crippen LogP contribution in [0.1, 0.15) is 19.0 Å². The molecule has 88 valence electrons. The van der Waals surface area contributed by atoms with Crippen molar-refractivity contribution in [2.45, 2.75) is 19.4 Å². The van der Waals surface area contributed by atoms with Crippen LogP contribution in [0.5, 0.6) is 0 Å². The summed E-state index contributed by atoms with van der Waals surface area (Å²) in [5.41, 5.74) is 6.75. The Morgan fingerprint density at radius 1 is 1.69 bits per heavy atom. The van der Waals surface area contributed by atoms with Crippen molar-refractivity contribution in [3.63, 3.8) is 0 Å². The number of aliphatic hydroxyl groups is 1. The molecule has 0 aliphatic heterocycles. The maximum Gasteiger partial charge on any atom is 0.143 e. The van der Waals surface area contributed by atoms with Crippen LogP contribution in [0.2, 0.25) is 0 Å². The average Bonchev–Trinajstić information content (AvgIpc) is 2.25. The molecule has 0 aliphatic rings. The highest BCUT2D eigenvalue weighted by Crippen LogP contribution is 2.16. The molecule has 0 radical (unpaired) electrons. The van der Waals surface area contributed by atoms with E-state index in [1.54, 1.807) is 19.2 Å². The minimum absolute atomic E-state index is 0.0421. The zero-order chi connectivity index (χ0) is 12.1. The molecule has 1 aromatic rings. The van der Waals surface area contributed by atoms with Crippen molar-refractivity contribution >= 4 is 11.5 Å². The molecule has 1 atom stereocenters. The monoisotopic (exact) mass is 222 g/mol. The summed E-state index contributed by atoms with van der Waals surface area (Å²) in [7, 11) is 1.89. The number of nitrogens with two attached hydrogens (primary N) is 1. The summed E-state index contributed by atoms with van der Waals surface area (Å²) in [6.07, 6.45) is 1.95. The first-order valence-corrected chi connectivity index (χ1v) is 5.21. The molecule has 5 nitrogen and oxygen atoms in total. The molecule has 1 aromatic heterocycles. The second kappa shape index (κ2) is 5.46. The van der Waals surface area contributed by atoms with Gasteiger partial charge in [0, 0.05) is 19.8 Å². The van der Waals surface area contributed by atoms with Gasteiger partial charge < -0.3 is 15.7 Å². The molecule has 0 aromatic carbocycles. The van der Waals surface area contributed by atoms with Crippen molar-refractivity contribution < 1.29 is 5.11 Å². The van der Waals surface area contributed by atoms with Gasteiger partial charge in [0.05, 0.1) is 11.8 Å². The largest absolute Gasteiger partial charge is 0.393 e. The number of pyridine rings is 1. The van der Waals surface area contributed by atoms with E-state index >= 15 is 0 Å². The molecule has 1 unspecified atom stereocenters. The van der Waals surface area contributed by atoms with Crippen molar-refractivity contribution in [2.75, 3.05) is 18.5 Å². The van der Waals surface area contributed by atoms with Crippen LogP contribution >= 0.6 is 0 Å². The van der Waals surface area contributed by atoms with Crippen molar-refractivity contribution in [2.24, 2.45) is 5.73 Å². The number of hydrogen-bond donors (Lipinski definition) is 3.